The average Bonchev–Trinajstić information content (AvgIpc) is 3.02. The van der Waals surface area contributed by atoms with Crippen molar-refractivity contribution in [2.75, 3.05) is 6.54 Å². The molecule has 21 heavy (non-hydrogen) atoms. The molecule has 1 aromatic carbocycles. The predicted molar refractivity (Wildman–Crippen MR) is 89.7 cm³/mol. The van der Waals surface area contributed by atoms with Crippen LogP contribution >= 0.6 is 34.5 Å². The molecular weight excluding hydrogens is 325 g/mol. The Morgan fingerprint density at radius 3 is 3.00 bits per heavy atom. The molecule has 0 saturated heterocycles. The number of nitrogens with one attached hydrogen (secondary N) is 1. The van der Waals surface area contributed by atoms with Gasteiger partial charge in [-0.3, -0.25) is 4.40 Å². The maximum absolute atomic E-state index is 6.33. The van der Waals surface area contributed by atoms with Crippen molar-refractivity contribution in [1.29, 1.82) is 0 Å². The van der Waals surface area contributed by atoms with Gasteiger partial charge in [-0.2, -0.15) is 0 Å². The molecule has 1 atom stereocenters. The zero-order valence-electron chi connectivity index (χ0n) is 11.5. The largest absolute Gasteiger partial charge is 0.310 e. The molecule has 0 aliphatic carbocycles. The summed E-state index contributed by atoms with van der Waals surface area (Å²) >= 11 is 14.1. The topological polar surface area (TPSA) is 29.3 Å². The number of aromatic nitrogens is 2. The number of imidazole rings is 1. The Morgan fingerprint density at radius 1 is 1.38 bits per heavy atom. The van der Waals surface area contributed by atoms with Gasteiger partial charge >= 0.3 is 0 Å². The lowest BCUT2D eigenvalue weighted by molar-refractivity contribution is 0.545. The molecule has 3 rings (SSSR count). The van der Waals surface area contributed by atoms with E-state index in [0.717, 1.165) is 34.2 Å². The molecule has 0 bridgehead atoms. The van der Waals surface area contributed by atoms with Crippen molar-refractivity contribution in [2.24, 2.45) is 0 Å². The van der Waals surface area contributed by atoms with Gasteiger partial charge in [-0.05, 0) is 30.3 Å². The highest BCUT2D eigenvalue weighted by Crippen LogP contribution is 2.28. The Labute approximate surface area is 137 Å². The highest BCUT2D eigenvalue weighted by atomic mass is 35.5. The highest BCUT2D eigenvalue weighted by molar-refractivity contribution is 7.15. The number of halogens is 2. The Bertz CT molecular complexity index is 722. The van der Waals surface area contributed by atoms with Gasteiger partial charge < -0.3 is 5.32 Å². The summed E-state index contributed by atoms with van der Waals surface area (Å²) in [6.45, 7) is 2.94. The second-order valence-electron chi connectivity index (χ2n) is 4.81. The molecule has 110 valence electrons. The standard InChI is InChI=1S/C15H15Cl2N3S/c1-2-18-14(12-7-10(16)3-4-13(12)17)8-11-9-20-5-6-21-15(20)19-11/h3-7,9,14,18H,2,8H2,1H3. The van der Waals surface area contributed by atoms with E-state index in [0.29, 0.717) is 5.02 Å². The maximum atomic E-state index is 6.33. The minimum absolute atomic E-state index is 0.103. The molecular formula is C15H15Cl2N3S. The third-order valence-electron chi connectivity index (χ3n) is 3.34. The molecule has 6 heteroatoms. The van der Waals surface area contributed by atoms with Crippen LogP contribution in [0.3, 0.4) is 0 Å². The monoisotopic (exact) mass is 339 g/mol. The number of likely N-dealkylation sites (N-methyl/N-ethyl adjacent to an activating group) is 1. The van der Waals surface area contributed by atoms with Crippen molar-refractivity contribution < 1.29 is 0 Å². The highest BCUT2D eigenvalue weighted by Gasteiger charge is 2.17. The van der Waals surface area contributed by atoms with E-state index in [4.69, 9.17) is 23.2 Å². The lowest BCUT2D eigenvalue weighted by atomic mass is 10.0. The second-order valence-corrected chi connectivity index (χ2v) is 6.52. The van der Waals surface area contributed by atoms with Gasteiger partial charge in [-0.1, -0.05) is 30.1 Å². The molecule has 1 N–H and O–H groups in total. The summed E-state index contributed by atoms with van der Waals surface area (Å²) in [7, 11) is 0. The van der Waals surface area contributed by atoms with E-state index in [1.165, 1.54) is 0 Å². The van der Waals surface area contributed by atoms with Crippen LogP contribution in [0.25, 0.3) is 4.96 Å². The SMILES string of the molecule is CCNC(Cc1cn2ccsc2n1)c1cc(Cl)ccc1Cl. The van der Waals surface area contributed by atoms with Crippen molar-refractivity contribution in [2.45, 2.75) is 19.4 Å². The number of hydrogen-bond donors (Lipinski definition) is 1. The van der Waals surface area contributed by atoms with Gasteiger partial charge in [0.05, 0.1) is 5.69 Å². The van der Waals surface area contributed by atoms with E-state index in [-0.39, 0.29) is 6.04 Å². The van der Waals surface area contributed by atoms with Gasteiger partial charge in [0.2, 0.25) is 0 Å². The summed E-state index contributed by atoms with van der Waals surface area (Å²) in [4.78, 5) is 5.65. The molecule has 0 saturated carbocycles. The normalized spacial score (nSPS) is 12.9. The summed E-state index contributed by atoms with van der Waals surface area (Å²) in [5.74, 6) is 0. The number of fused-ring (bicyclic) bond motifs is 1. The van der Waals surface area contributed by atoms with Crippen LogP contribution in [0.15, 0.2) is 36.0 Å². The first-order chi connectivity index (χ1) is 10.2. The fraction of sp³-hybridized carbons (Fsp3) is 0.267. The van der Waals surface area contributed by atoms with E-state index in [9.17, 15) is 0 Å². The van der Waals surface area contributed by atoms with Gasteiger partial charge in [-0.25, -0.2) is 4.98 Å². The summed E-state index contributed by atoms with van der Waals surface area (Å²) in [5, 5.41) is 6.92. The van der Waals surface area contributed by atoms with Crippen molar-refractivity contribution in [1.82, 2.24) is 14.7 Å². The quantitative estimate of drug-likeness (QED) is 0.736. The molecule has 0 fully saturated rings. The first kappa shape index (κ1) is 14.9. The molecule has 2 heterocycles. The van der Waals surface area contributed by atoms with Crippen LogP contribution in [0.4, 0.5) is 0 Å². The first-order valence-corrected chi connectivity index (χ1v) is 8.40. The lowest BCUT2D eigenvalue weighted by Gasteiger charge is -2.19. The smallest absolute Gasteiger partial charge is 0.193 e. The van der Waals surface area contributed by atoms with E-state index >= 15 is 0 Å². The number of nitrogens with zero attached hydrogens (tertiary/aromatic N) is 2. The lowest BCUT2D eigenvalue weighted by Crippen LogP contribution is -2.23. The van der Waals surface area contributed by atoms with Crippen LogP contribution in [-0.2, 0) is 6.42 Å². The second kappa shape index (κ2) is 6.36. The van der Waals surface area contributed by atoms with Crippen LogP contribution in [-0.4, -0.2) is 15.9 Å². The van der Waals surface area contributed by atoms with Crippen molar-refractivity contribution in [3.05, 3.63) is 57.3 Å². The molecule has 0 spiro atoms. The summed E-state index contributed by atoms with van der Waals surface area (Å²) in [6.07, 6.45) is 4.86. The van der Waals surface area contributed by atoms with Crippen LogP contribution in [0.2, 0.25) is 10.0 Å². The van der Waals surface area contributed by atoms with E-state index in [1.54, 1.807) is 11.3 Å². The fourth-order valence-electron chi connectivity index (χ4n) is 2.40. The van der Waals surface area contributed by atoms with Crippen LogP contribution in [0.5, 0.6) is 0 Å². The molecule has 0 amide bonds. The Hall–Kier alpha value is -1.07. The number of rotatable bonds is 5. The number of benzene rings is 1. The van der Waals surface area contributed by atoms with Crippen molar-refractivity contribution in [3.63, 3.8) is 0 Å². The Morgan fingerprint density at radius 2 is 2.24 bits per heavy atom. The van der Waals surface area contributed by atoms with Crippen LogP contribution < -0.4 is 5.32 Å². The molecule has 1 unspecified atom stereocenters. The Balaban J connectivity index is 1.90. The van der Waals surface area contributed by atoms with Crippen molar-refractivity contribution >= 4 is 39.5 Å². The predicted octanol–water partition coefficient (Wildman–Crippen LogP) is 4.60. The van der Waals surface area contributed by atoms with Crippen molar-refractivity contribution in [3.8, 4) is 0 Å². The zero-order chi connectivity index (χ0) is 14.8. The molecule has 3 nitrogen and oxygen atoms in total. The Kier molecular flexibility index (Phi) is 4.50. The molecule has 0 radical (unpaired) electrons. The molecule has 0 aliphatic heterocycles. The van der Waals surface area contributed by atoms with Crippen LogP contribution in [0.1, 0.15) is 24.2 Å². The number of hydrogen-bond acceptors (Lipinski definition) is 3. The van der Waals surface area contributed by atoms with Crippen LogP contribution in [0, 0.1) is 0 Å². The summed E-state index contributed by atoms with van der Waals surface area (Å²) in [5.41, 5.74) is 2.06. The van der Waals surface area contributed by atoms with Gasteiger partial charge in [0, 0.05) is 40.3 Å². The van der Waals surface area contributed by atoms with Gasteiger partial charge in [0.15, 0.2) is 4.96 Å². The fourth-order valence-corrected chi connectivity index (χ4v) is 3.55. The van der Waals surface area contributed by atoms with E-state index in [2.05, 4.69) is 23.4 Å². The van der Waals surface area contributed by atoms with Gasteiger partial charge in [0.25, 0.3) is 0 Å². The molecule has 0 aliphatic rings. The van der Waals surface area contributed by atoms with Gasteiger partial charge in [-0.15, -0.1) is 11.3 Å². The third-order valence-corrected chi connectivity index (χ3v) is 4.69. The summed E-state index contributed by atoms with van der Waals surface area (Å²) < 4.78 is 2.04. The maximum Gasteiger partial charge on any atom is 0.193 e. The molecule has 3 aromatic rings. The average molecular weight is 340 g/mol. The van der Waals surface area contributed by atoms with Gasteiger partial charge in [0.1, 0.15) is 0 Å². The summed E-state index contributed by atoms with van der Waals surface area (Å²) in [6, 6.07) is 5.68. The van der Waals surface area contributed by atoms with E-state index in [1.807, 2.05) is 34.2 Å². The zero-order valence-corrected chi connectivity index (χ0v) is 13.8. The van der Waals surface area contributed by atoms with E-state index < -0.39 is 0 Å². The minimum atomic E-state index is 0.103. The number of thiazole rings is 1. The third kappa shape index (κ3) is 3.24. The minimum Gasteiger partial charge on any atom is -0.310 e. The molecule has 2 aromatic heterocycles. The first-order valence-electron chi connectivity index (χ1n) is 6.76.